The number of aliphatic hydroxyl groups excluding tert-OH is 2. The van der Waals surface area contributed by atoms with Crippen molar-refractivity contribution in [2.24, 2.45) is 0 Å². The summed E-state index contributed by atoms with van der Waals surface area (Å²) in [5.74, 6) is -1.59. The molecule has 0 aromatic carbocycles. The molecule has 0 radical (unpaired) electrons. The SMILES string of the molecule is CC/C=C\C/C=C\C/C=C\C/C=C\C/C=C\C/C=C\CCCCCCCCCCCCCCC(=O)OCC(COP(=O)(O)OCC(O)COP(=O)(O)OCC(O)COC(=O)CCCCCCCCCCCCCCCCCCCCC/C=C\C/C=C\C/C=C\C/C=C\C/C=C\CC)OC(=O)CCCCCCC/C=C\C/C=C\C/C=C\C/C=C\CCCCC. The number of unbranched alkanes of at least 4 members (excludes halogenated alkanes) is 39. The van der Waals surface area contributed by atoms with Crippen LogP contribution in [0.4, 0.5) is 0 Å². The van der Waals surface area contributed by atoms with E-state index in [1.807, 2.05) is 0 Å². The van der Waals surface area contributed by atoms with E-state index >= 15 is 0 Å². The van der Waals surface area contributed by atoms with Crippen LogP contribution in [-0.2, 0) is 55.8 Å². The molecular formula is C105H178O16P2. The average molecular weight is 1760 g/mol. The van der Waals surface area contributed by atoms with Gasteiger partial charge in [-0.05, 0) is 161 Å². The van der Waals surface area contributed by atoms with E-state index in [1.165, 1.54) is 167 Å². The Morgan fingerprint density at radius 2 is 0.431 bits per heavy atom. The number of allylic oxidation sites excluding steroid dienone is 30. The minimum Gasteiger partial charge on any atom is -0.463 e. The molecule has 0 aliphatic rings. The summed E-state index contributed by atoms with van der Waals surface area (Å²) in [6.45, 7) is 2.45. The molecule has 0 aliphatic carbocycles. The number of hydrogen-bond acceptors (Lipinski definition) is 14. The first-order valence-corrected chi connectivity index (χ1v) is 52.1. The van der Waals surface area contributed by atoms with Crippen molar-refractivity contribution < 1.29 is 75.8 Å². The highest BCUT2D eigenvalue weighted by Gasteiger charge is 2.30. The number of esters is 3. The normalized spacial score (nSPS) is 14.5. The Morgan fingerprint density at radius 1 is 0.236 bits per heavy atom. The zero-order valence-electron chi connectivity index (χ0n) is 77.8. The lowest BCUT2D eigenvalue weighted by Crippen LogP contribution is -2.30. The molecule has 5 unspecified atom stereocenters. The molecule has 0 amide bonds. The Kier molecular flexibility index (Phi) is 91.6. The number of carbonyl (C=O) groups excluding carboxylic acids is 3. The molecule has 4 N–H and O–H groups in total. The predicted octanol–water partition coefficient (Wildman–Crippen LogP) is 30.8. The highest BCUT2D eigenvalue weighted by Crippen LogP contribution is 2.45. The van der Waals surface area contributed by atoms with E-state index in [0.717, 1.165) is 180 Å². The summed E-state index contributed by atoms with van der Waals surface area (Å²) in [5, 5.41) is 20.8. The first kappa shape index (κ1) is 118. The molecule has 0 fully saturated rings. The average Bonchev–Trinajstić information content (AvgIpc) is 0.892. The van der Waals surface area contributed by atoms with Crippen LogP contribution >= 0.6 is 15.6 Å². The highest BCUT2D eigenvalue weighted by molar-refractivity contribution is 7.47. The molecule has 0 bridgehead atoms. The van der Waals surface area contributed by atoms with E-state index in [2.05, 4.69) is 203 Å². The van der Waals surface area contributed by atoms with Crippen LogP contribution in [0.15, 0.2) is 182 Å². The minimum atomic E-state index is -4.95. The van der Waals surface area contributed by atoms with Gasteiger partial charge in [-0.1, -0.05) is 409 Å². The van der Waals surface area contributed by atoms with Gasteiger partial charge in [-0.25, -0.2) is 9.13 Å². The van der Waals surface area contributed by atoms with Crippen molar-refractivity contribution in [3.63, 3.8) is 0 Å². The third kappa shape index (κ3) is 97.1. The van der Waals surface area contributed by atoms with E-state index in [4.69, 9.17) is 32.3 Å². The van der Waals surface area contributed by atoms with Crippen LogP contribution < -0.4 is 0 Å². The van der Waals surface area contributed by atoms with Crippen molar-refractivity contribution in [2.75, 3.05) is 39.6 Å². The number of hydrogen-bond donors (Lipinski definition) is 4. The Morgan fingerprint density at radius 3 is 0.683 bits per heavy atom. The maximum absolute atomic E-state index is 13.1. The van der Waals surface area contributed by atoms with Crippen molar-refractivity contribution in [3.8, 4) is 0 Å². The van der Waals surface area contributed by atoms with Gasteiger partial charge in [-0.2, -0.15) is 0 Å². The van der Waals surface area contributed by atoms with Crippen molar-refractivity contribution in [3.05, 3.63) is 182 Å². The van der Waals surface area contributed by atoms with Crippen LogP contribution in [0.25, 0.3) is 0 Å². The first-order valence-electron chi connectivity index (χ1n) is 49.1. The number of phosphoric ester groups is 2. The molecular weight excluding hydrogens is 1580 g/mol. The van der Waals surface area contributed by atoms with E-state index in [-0.39, 0.29) is 19.3 Å². The fourth-order valence-corrected chi connectivity index (χ4v) is 14.8. The molecule has 16 nitrogen and oxygen atoms in total. The van der Waals surface area contributed by atoms with Crippen molar-refractivity contribution in [2.45, 2.75) is 424 Å². The zero-order chi connectivity index (χ0) is 89.3. The summed E-state index contributed by atoms with van der Waals surface area (Å²) in [5.41, 5.74) is 0. The summed E-state index contributed by atoms with van der Waals surface area (Å²) in [7, 11) is -9.82. The van der Waals surface area contributed by atoms with Gasteiger partial charge in [0.25, 0.3) is 0 Å². The third-order valence-electron chi connectivity index (χ3n) is 20.6. The van der Waals surface area contributed by atoms with Crippen LogP contribution in [0.2, 0.25) is 0 Å². The lowest BCUT2D eigenvalue weighted by Gasteiger charge is -2.21. The monoisotopic (exact) mass is 1760 g/mol. The lowest BCUT2D eigenvalue weighted by atomic mass is 10.0. The summed E-state index contributed by atoms with van der Waals surface area (Å²) >= 11 is 0. The van der Waals surface area contributed by atoms with E-state index in [9.17, 15) is 43.5 Å². The third-order valence-corrected chi connectivity index (χ3v) is 22.5. The Labute approximate surface area is 751 Å². The maximum atomic E-state index is 13.1. The van der Waals surface area contributed by atoms with E-state index < -0.39 is 91.5 Å². The van der Waals surface area contributed by atoms with Crippen molar-refractivity contribution in [1.29, 1.82) is 0 Å². The highest BCUT2D eigenvalue weighted by atomic mass is 31.2. The maximum Gasteiger partial charge on any atom is 0.472 e. The Bertz CT molecular complexity index is 2970. The molecule has 0 rings (SSSR count). The van der Waals surface area contributed by atoms with Crippen LogP contribution in [-0.4, -0.2) is 95.9 Å². The Balaban J connectivity index is 4.55. The standard InChI is InChI=1S/C105H178O16P2/c1-4-7-10-13-16-19-22-25-28-31-34-37-39-41-43-45-47-48-49-50-52-54-55-57-59-62-64-67-70-73-76-79-82-85-88-91-103(108)115-94-100(106)95-117-122(111,112)118-96-101(107)97-119-123(113,114)120-99-102(121-105(110)93-90-87-84-81-78-75-72-69-66-61-36-33-30-27-24-21-18-15-12-9-6-3)98-116-104(109)92-89-86-83-80-77-74-71-68-65-63-60-58-56-53-51-46-44-42-40-38-35-32-29-26-23-20-17-14-11-8-5-2/h7-8,10-11,16-21,25-30,34-38,41-44,51,53,61,69,72,100-102,106-107H,4-6,9,12-15,22-24,31-33,39-40,45-50,52,54-60,62-68,70-71,73-99H2,1-3H3,(H,111,112)(H,113,114)/b10-7-,11-8-,19-16-,20-17-,21-18-,28-25-,29-26-,30-27-,37-34-,38-35-,43-41-,44-42-,53-51-,61-36-,72-69-. The smallest absolute Gasteiger partial charge is 0.463 e. The number of ether oxygens (including phenoxy) is 3. The number of rotatable bonds is 92. The van der Waals surface area contributed by atoms with E-state index in [1.54, 1.807) is 0 Å². The quantitative estimate of drug-likeness (QED) is 0.0146. The second-order valence-electron chi connectivity index (χ2n) is 32.5. The van der Waals surface area contributed by atoms with Crippen LogP contribution in [0.3, 0.4) is 0 Å². The van der Waals surface area contributed by atoms with Gasteiger partial charge in [0.05, 0.1) is 26.4 Å². The van der Waals surface area contributed by atoms with Gasteiger partial charge in [-0.15, -0.1) is 0 Å². The van der Waals surface area contributed by atoms with Crippen LogP contribution in [0.1, 0.15) is 406 Å². The van der Waals surface area contributed by atoms with Crippen molar-refractivity contribution >= 4 is 33.6 Å². The number of phosphoric acid groups is 2. The van der Waals surface area contributed by atoms with E-state index in [0.29, 0.717) is 19.3 Å². The minimum absolute atomic E-state index is 0.0792. The first-order chi connectivity index (χ1) is 60.2. The molecule has 123 heavy (non-hydrogen) atoms. The molecule has 0 saturated heterocycles. The molecule has 704 valence electrons. The number of aliphatic hydroxyl groups is 2. The lowest BCUT2D eigenvalue weighted by molar-refractivity contribution is -0.161. The summed E-state index contributed by atoms with van der Waals surface area (Å²) in [4.78, 5) is 59.1. The van der Waals surface area contributed by atoms with Gasteiger partial charge in [0.1, 0.15) is 25.4 Å². The molecule has 18 heteroatoms. The zero-order valence-corrected chi connectivity index (χ0v) is 79.6. The second-order valence-corrected chi connectivity index (χ2v) is 35.4. The molecule has 0 heterocycles. The molecule has 5 atom stereocenters. The molecule has 0 aliphatic heterocycles. The number of carbonyl (C=O) groups is 3. The second kappa shape index (κ2) is 95.7. The molecule has 0 aromatic heterocycles. The molecule has 0 aromatic rings. The van der Waals surface area contributed by atoms with Crippen molar-refractivity contribution in [1.82, 2.24) is 0 Å². The fraction of sp³-hybridized carbons (Fsp3) is 0.686. The van der Waals surface area contributed by atoms with Gasteiger partial charge in [0, 0.05) is 19.3 Å². The summed E-state index contributed by atoms with van der Waals surface area (Å²) < 4.78 is 61.6. The largest absolute Gasteiger partial charge is 0.472 e. The fourth-order valence-electron chi connectivity index (χ4n) is 13.2. The predicted molar refractivity (Wildman–Crippen MR) is 518 cm³/mol. The van der Waals surface area contributed by atoms with Gasteiger partial charge >= 0.3 is 33.6 Å². The van der Waals surface area contributed by atoms with Crippen LogP contribution in [0.5, 0.6) is 0 Å². The Hall–Kier alpha value is -5.35. The van der Waals surface area contributed by atoms with Crippen LogP contribution in [0, 0.1) is 0 Å². The molecule has 0 saturated carbocycles. The summed E-state index contributed by atoms with van der Waals surface area (Å²) in [6, 6.07) is 0. The molecule has 0 spiro atoms. The van der Waals surface area contributed by atoms with Gasteiger partial charge in [-0.3, -0.25) is 32.5 Å². The summed E-state index contributed by atoms with van der Waals surface area (Å²) in [6.07, 6.45) is 127. The topological polar surface area (TPSA) is 231 Å². The van der Waals surface area contributed by atoms with Gasteiger partial charge in [0.15, 0.2) is 6.10 Å². The van der Waals surface area contributed by atoms with Gasteiger partial charge < -0.3 is 34.2 Å². The van der Waals surface area contributed by atoms with Gasteiger partial charge in [0.2, 0.25) is 0 Å².